The molecule has 0 heterocycles. The van der Waals surface area contributed by atoms with E-state index in [1.54, 1.807) is 7.11 Å². The van der Waals surface area contributed by atoms with Crippen LogP contribution in [0.5, 0.6) is 0 Å². The van der Waals surface area contributed by atoms with Gasteiger partial charge in [-0.2, -0.15) is 0 Å². The maximum absolute atomic E-state index is 12.5. The summed E-state index contributed by atoms with van der Waals surface area (Å²) >= 11 is 0. The van der Waals surface area contributed by atoms with Crippen LogP contribution < -0.4 is 4.89 Å². The SMILES string of the molecule is CCC/C=C\CCCC/C=C\CCCCCOC[C@H](COP(=O)([O-])C(CC)[N+](C)(C)C)OC. The predicted molar refractivity (Wildman–Crippen MR) is 137 cm³/mol. The Morgan fingerprint density at radius 1 is 0.848 bits per heavy atom. The smallest absolute Gasteiger partial charge is 0.193 e. The van der Waals surface area contributed by atoms with Gasteiger partial charge >= 0.3 is 0 Å². The summed E-state index contributed by atoms with van der Waals surface area (Å²) in [5.41, 5.74) is 0. The van der Waals surface area contributed by atoms with Crippen molar-refractivity contribution in [2.24, 2.45) is 0 Å². The van der Waals surface area contributed by atoms with Crippen LogP contribution in [0.25, 0.3) is 0 Å². The van der Waals surface area contributed by atoms with Gasteiger partial charge in [-0.15, -0.1) is 0 Å². The van der Waals surface area contributed by atoms with Crippen molar-refractivity contribution < 1.29 is 27.9 Å². The molecule has 0 radical (unpaired) electrons. The topological polar surface area (TPSA) is 67.8 Å². The highest BCUT2D eigenvalue weighted by Gasteiger charge is 2.34. The van der Waals surface area contributed by atoms with Crippen LogP contribution in [0.4, 0.5) is 0 Å². The van der Waals surface area contributed by atoms with Gasteiger partial charge in [-0.1, -0.05) is 51.0 Å². The number of nitrogens with zero attached hydrogens (tertiary/aromatic N) is 1. The molecule has 0 N–H and O–H groups in total. The number of hydrogen-bond donors (Lipinski definition) is 0. The summed E-state index contributed by atoms with van der Waals surface area (Å²) in [5.74, 6) is -0.572. The highest BCUT2D eigenvalue weighted by molar-refractivity contribution is 7.51. The van der Waals surface area contributed by atoms with E-state index in [4.69, 9.17) is 14.0 Å². The molecule has 0 aliphatic carbocycles. The number of allylic oxidation sites excluding steroid dienone is 4. The van der Waals surface area contributed by atoms with Crippen LogP contribution >= 0.6 is 7.60 Å². The fourth-order valence-corrected chi connectivity index (χ4v) is 5.52. The van der Waals surface area contributed by atoms with Gasteiger partial charge < -0.3 is 27.9 Å². The molecule has 0 amide bonds. The minimum atomic E-state index is -3.99. The summed E-state index contributed by atoms with van der Waals surface area (Å²) in [6, 6.07) is 0. The van der Waals surface area contributed by atoms with E-state index in [9.17, 15) is 9.46 Å². The van der Waals surface area contributed by atoms with Crippen LogP contribution in [-0.4, -0.2) is 64.4 Å². The molecule has 0 aliphatic heterocycles. The molecule has 3 atom stereocenters. The lowest BCUT2D eigenvalue weighted by molar-refractivity contribution is -0.884. The highest BCUT2D eigenvalue weighted by atomic mass is 31.2. The Morgan fingerprint density at radius 3 is 1.88 bits per heavy atom. The van der Waals surface area contributed by atoms with Crippen LogP contribution in [0, 0.1) is 0 Å². The second kappa shape index (κ2) is 19.8. The number of methoxy groups -OCH3 is 1. The van der Waals surface area contributed by atoms with Crippen molar-refractivity contribution in [3.63, 3.8) is 0 Å². The van der Waals surface area contributed by atoms with Gasteiger partial charge in [-0.05, 0) is 51.4 Å². The highest BCUT2D eigenvalue weighted by Crippen LogP contribution is 2.47. The lowest BCUT2D eigenvalue weighted by Gasteiger charge is -2.41. The molecule has 0 aromatic carbocycles. The summed E-state index contributed by atoms with van der Waals surface area (Å²) in [5, 5.41) is 0. The number of quaternary nitrogens is 1. The second-order valence-electron chi connectivity index (χ2n) is 9.64. The Kier molecular flexibility index (Phi) is 19.5. The minimum absolute atomic E-state index is 0.00635. The average molecular weight is 490 g/mol. The quantitative estimate of drug-likeness (QED) is 0.0800. The molecule has 7 heteroatoms. The van der Waals surface area contributed by atoms with Gasteiger partial charge in [0, 0.05) is 20.1 Å². The molecule has 2 unspecified atom stereocenters. The third kappa shape index (κ3) is 17.6. The second-order valence-corrected chi connectivity index (χ2v) is 11.6. The largest absolute Gasteiger partial charge is 0.774 e. The normalized spacial score (nSPS) is 16.5. The van der Waals surface area contributed by atoms with E-state index in [1.807, 2.05) is 28.1 Å². The van der Waals surface area contributed by atoms with Crippen molar-refractivity contribution in [1.29, 1.82) is 0 Å². The lowest BCUT2D eigenvalue weighted by atomic mass is 10.1. The number of rotatable bonds is 22. The first-order valence-electron chi connectivity index (χ1n) is 12.9. The maximum atomic E-state index is 12.5. The van der Waals surface area contributed by atoms with Crippen LogP contribution in [0.3, 0.4) is 0 Å². The summed E-state index contributed by atoms with van der Waals surface area (Å²) < 4.78 is 29.2. The standard InChI is InChI=1S/C26H52NO5P/c1-7-9-10-11-12-13-14-15-16-17-18-19-20-21-22-31-23-25(30-6)24-32-33(28,29)26(8-2)27(3,4)5/h10-11,16-17,25-26H,7-9,12-15,18-24H2,1-6H3/b11-10-,17-16-/t25-,26?/m1/s1. The molecule has 0 spiro atoms. The first-order valence-corrected chi connectivity index (χ1v) is 14.5. The molecule has 0 rings (SSSR count). The molecule has 196 valence electrons. The van der Waals surface area contributed by atoms with E-state index in [-0.39, 0.29) is 12.7 Å². The van der Waals surface area contributed by atoms with E-state index in [0.717, 1.165) is 19.3 Å². The van der Waals surface area contributed by atoms with E-state index < -0.39 is 13.4 Å². The zero-order valence-electron chi connectivity index (χ0n) is 22.3. The summed E-state index contributed by atoms with van der Waals surface area (Å²) in [7, 11) is 3.16. The molecule has 0 aromatic rings. The minimum Gasteiger partial charge on any atom is -0.774 e. The van der Waals surface area contributed by atoms with Gasteiger partial charge in [-0.3, -0.25) is 0 Å². The van der Waals surface area contributed by atoms with Crippen molar-refractivity contribution in [1.82, 2.24) is 0 Å². The number of hydrogen-bond acceptors (Lipinski definition) is 5. The van der Waals surface area contributed by atoms with Crippen LogP contribution in [0.15, 0.2) is 24.3 Å². The number of ether oxygens (including phenoxy) is 2. The Bertz CT molecular complexity index is 559. The molecular formula is C26H52NO5P. The van der Waals surface area contributed by atoms with Crippen LogP contribution in [0.2, 0.25) is 0 Å². The van der Waals surface area contributed by atoms with E-state index in [1.165, 1.54) is 44.9 Å². The van der Waals surface area contributed by atoms with Crippen LogP contribution in [-0.2, 0) is 18.6 Å². The van der Waals surface area contributed by atoms with E-state index in [0.29, 0.717) is 24.1 Å². The number of unbranched alkanes of at least 4 members (excludes halogenated alkanes) is 7. The molecule has 0 saturated carbocycles. The van der Waals surface area contributed by atoms with E-state index in [2.05, 4.69) is 31.2 Å². The lowest BCUT2D eigenvalue weighted by Crippen LogP contribution is -2.47. The Labute approximate surface area is 204 Å². The molecule has 6 nitrogen and oxygen atoms in total. The van der Waals surface area contributed by atoms with Gasteiger partial charge in [0.1, 0.15) is 6.10 Å². The summed E-state index contributed by atoms with van der Waals surface area (Å²) in [6.45, 7) is 5.06. The van der Waals surface area contributed by atoms with Crippen molar-refractivity contribution in [3.8, 4) is 0 Å². The predicted octanol–water partition coefficient (Wildman–Crippen LogP) is 6.06. The zero-order chi connectivity index (χ0) is 25.0. The zero-order valence-corrected chi connectivity index (χ0v) is 23.2. The Morgan fingerprint density at radius 2 is 1.39 bits per heavy atom. The fourth-order valence-electron chi connectivity index (χ4n) is 3.67. The monoisotopic (exact) mass is 489 g/mol. The molecular weight excluding hydrogens is 437 g/mol. The molecule has 33 heavy (non-hydrogen) atoms. The van der Waals surface area contributed by atoms with Gasteiger partial charge in [0.25, 0.3) is 0 Å². The third-order valence-corrected chi connectivity index (χ3v) is 7.94. The van der Waals surface area contributed by atoms with Gasteiger partial charge in [-0.25, -0.2) is 0 Å². The molecule has 0 saturated heterocycles. The fraction of sp³-hybridized carbons (Fsp3) is 0.846. The average Bonchev–Trinajstić information content (AvgIpc) is 2.74. The van der Waals surface area contributed by atoms with Crippen LogP contribution in [0.1, 0.15) is 84.5 Å². The first kappa shape index (κ1) is 32.5. The Hall–Kier alpha value is -0.490. The first-order chi connectivity index (χ1) is 15.7. The molecule has 0 bridgehead atoms. The summed E-state index contributed by atoms with van der Waals surface area (Å²) in [6.07, 6.45) is 21.1. The summed E-state index contributed by atoms with van der Waals surface area (Å²) in [4.78, 5) is 12.5. The van der Waals surface area contributed by atoms with E-state index >= 15 is 0 Å². The maximum Gasteiger partial charge on any atom is 0.193 e. The van der Waals surface area contributed by atoms with Gasteiger partial charge in [0.2, 0.25) is 0 Å². The van der Waals surface area contributed by atoms with Crippen molar-refractivity contribution in [3.05, 3.63) is 24.3 Å². The molecule has 0 fully saturated rings. The van der Waals surface area contributed by atoms with Crippen molar-refractivity contribution >= 4 is 7.60 Å². The van der Waals surface area contributed by atoms with Crippen molar-refractivity contribution in [2.75, 3.05) is 48.1 Å². The Balaban J connectivity index is 3.81. The van der Waals surface area contributed by atoms with Gasteiger partial charge in [0.15, 0.2) is 13.4 Å². The third-order valence-electron chi connectivity index (χ3n) is 5.64. The molecule has 0 aromatic heterocycles. The molecule has 0 aliphatic rings. The van der Waals surface area contributed by atoms with Gasteiger partial charge in [0.05, 0.1) is 34.4 Å². The van der Waals surface area contributed by atoms with Crippen molar-refractivity contribution in [2.45, 2.75) is 96.4 Å².